The quantitative estimate of drug-likeness (QED) is 0.528. The highest BCUT2D eigenvalue weighted by molar-refractivity contribution is 6.35. The van der Waals surface area contributed by atoms with E-state index in [1.54, 1.807) is 12.1 Å². The minimum Gasteiger partial charge on any atom is -0.326 e. The summed E-state index contributed by atoms with van der Waals surface area (Å²) < 4.78 is 0. The number of benzene rings is 2. The fourth-order valence-corrected chi connectivity index (χ4v) is 4.29. The Bertz CT molecular complexity index is 1040. The SMILES string of the molecule is CC(C)CN1C(=O)c2[nH]nc(-c3ccc(Cl)cc3)c2C1c1ccc(Cl)cc1Cl. The average molecular weight is 435 g/mol. The zero-order valence-electron chi connectivity index (χ0n) is 15.3. The van der Waals surface area contributed by atoms with Crippen molar-refractivity contribution in [3.05, 3.63) is 74.4 Å². The van der Waals surface area contributed by atoms with Crippen LogP contribution >= 0.6 is 34.8 Å². The molecule has 2 aromatic carbocycles. The van der Waals surface area contributed by atoms with Gasteiger partial charge in [-0.3, -0.25) is 9.89 Å². The lowest BCUT2D eigenvalue weighted by Gasteiger charge is -2.28. The zero-order valence-corrected chi connectivity index (χ0v) is 17.6. The summed E-state index contributed by atoms with van der Waals surface area (Å²) in [5.74, 6) is 0.223. The van der Waals surface area contributed by atoms with E-state index in [9.17, 15) is 4.79 Å². The highest BCUT2D eigenvalue weighted by atomic mass is 35.5. The van der Waals surface area contributed by atoms with Crippen LogP contribution in [0.15, 0.2) is 42.5 Å². The van der Waals surface area contributed by atoms with E-state index in [-0.39, 0.29) is 11.9 Å². The van der Waals surface area contributed by atoms with Gasteiger partial charge in [0.25, 0.3) is 5.91 Å². The fraction of sp³-hybridized carbons (Fsp3) is 0.238. The predicted molar refractivity (Wildman–Crippen MR) is 113 cm³/mol. The molecular formula is C21H18Cl3N3O. The Morgan fingerprint density at radius 2 is 1.75 bits per heavy atom. The van der Waals surface area contributed by atoms with E-state index in [2.05, 4.69) is 24.0 Å². The number of amides is 1. The molecule has 0 fully saturated rings. The molecule has 1 N–H and O–H groups in total. The third-order valence-corrected chi connectivity index (χ3v) is 5.61. The molecule has 3 aromatic rings. The maximum absolute atomic E-state index is 13.2. The summed E-state index contributed by atoms with van der Waals surface area (Å²) in [4.78, 5) is 15.0. The van der Waals surface area contributed by atoms with Gasteiger partial charge in [0.1, 0.15) is 5.69 Å². The first-order valence-electron chi connectivity index (χ1n) is 8.97. The first kappa shape index (κ1) is 19.3. The van der Waals surface area contributed by atoms with Gasteiger partial charge in [-0.05, 0) is 35.7 Å². The molecule has 0 bridgehead atoms. The molecule has 28 heavy (non-hydrogen) atoms. The van der Waals surface area contributed by atoms with Gasteiger partial charge >= 0.3 is 0 Å². The Morgan fingerprint density at radius 1 is 1.07 bits per heavy atom. The third-order valence-electron chi connectivity index (χ3n) is 4.80. The minimum atomic E-state index is -0.334. The summed E-state index contributed by atoms with van der Waals surface area (Å²) in [5, 5.41) is 9.10. The van der Waals surface area contributed by atoms with E-state index >= 15 is 0 Å². The van der Waals surface area contributed by atoms with Crippen LogP contribution in [0.5, 0.6) is 0 Å². The average Bonchev–Trinajstić information content (AvgIpc) is 3.17. The summed E-state index contributed by atoms with van der Waals surface area (Å²) in [6, 6.07) is 12.5. The summed E-state index contributed by atoms with van der Waals surface area (Å²) >= 11 is 18.7. The van der Waals surface area contributed by atoms with E-state index in [0.29, 0.717) is 33.2 Å². The smallest absolute Gasteiger partial charge is 0.273 e. The molecule has 2 heterocycles. The van der Waals surface area contributed by atoms with Gasteiger partial charge in [-0.15, -0.1) is 0 Å². The van der Waals surface area contributed by atoms with Crippen LogP contribution in [0, 0.1) is 5.92 Å². The highest BCUT2D eigenvalue weighted by Crippen LogP contribution is 2.45. The molecule has 144 valence electrons. The van der Waals surface area contributed by atoms with Crippen LogP contribution < -0.4 is 0 Å². The standard InChI is InChI=1S/C21H18Cl3N3O/c1-11(2)10-27-20(15-8-7-14(23)9-16(15)24)17-18(25-26-19(17)21(27)28)12-3-5-13(22)6-4-12/h3-9,11,20H,10H2,1-2H3,(H,25,26). The van der Waals surface area contributed by atoms with Gasteiger partial charge in [-0.25, -0.2) is 0 Å². The van der Waals surface area contributed by atoms with Crippen LogP contribution in [0.1, 0.15) is 41.5 Å². The van der Waals surface area contributed by atoms with E-state index < -0.39 is 0 Å². The molecule has 1 amide bonds. The molecule has 1 atom stereocenters. The van der Waals surface area contributed by atoms with Crippen molar-refractivity contribution in [2.75, 3.05) is 6.54 Å². The Kier molecular flexibility index (Phi) is 5.13. The predicted octanol–water partition coefficient (Wildman–Crippen LogP) is 6.24. The molecule has 1 aliphatic heterocycles. The molecule has 0 radical (unpaired) electrons. The van der Waals surface area contributed by atoms with Crippen LogP contribution in [0.25, 0.3) is 11.3 Å². The fourth-order valence-electron chi connectivity index (χ4n) is 3.65. The molecule has 1 aliphatic rings. The van der Waals surface area contributed by atoms with Gasteiger partial charge in [0.15, 0.2) is 0 Å². The van der Waals surface area contributed by atoms with Crippen LogP contribution in [-0.4, -0.2) is 27.5 Å². The number of fused-ring (bicyclic) bond motifs is 1. The topological polar surface area (TPSA) is 49.0 Å². The van der Waals surface area contributed by atoms with Gasteiger partial charge < -0.3 is 4.90 Å². The second-order valence-corrected chi connectivity index (χ2v) is 8.57. The lowest BCUT2D eigenvalue weighted by Crippen LogP contribution is -2.33. The van der Waals surface area contributed by atoms with Gasteiger partial charge in [0.2, 0.25) is 0 Å². The summed E-state index contributed by atoms with van der Waals surface area (Å²) in [6.07, 6.45) is 0. The first-order chi connectivity index (χ1) is 13.4. The maximum atomic E-state index is 13.2. The molecule has 1 aromatic heterocycles. The van der Waals surface area contributed by atoms with Gasteiger partial charge in [0.05, 0.1) is 11.7 Å². The number of rotatable bonds is 4. The zero-order chi connectivity index (χ0) is 20.0. The van der Waals surface area contributed by atoms with Crippen molar-refractivity contribution in [1.82, 2.24) is 15.1 Å². The second-order valence-electron chi connectivity index (χ2n) is 7.29. The van der Waals surface area contributed by atoms with Gasteiger partial charge in [-0.1, -0.05) is 66.8 Å². The van der Waals surface area contributed by atoms with Crippen molar-refractivity contribution in [3.63, 3.8) is 0 Å². The van der Waals surface area contributed by atoms with Crippen molar-refractivity contribution in [3.8, 4) is 11.3 Å². The van der Waals surface area contributed by atoms with Crippen molar-refractivity contribution >= 4 is 40.7 Å². The van der Waals surface area contributed by atoms with Gasteiger partial charge in [0, 0.05) is 32.7 Å². The minimum absolute atomic E-state index is 0.0765. The monoisotopic (exact) mass is 433 g/mol. The number of hydrogen-bond donors (Lipinski definition) is 1. The number of carbonyl (C=O) groups is 1. The largest absolute Gasteiger partial charge is 0.326 e. The molecule has 4 nitrogen and oxygen atoms in total. The van der Waals surface area contributed by atoms with E-state index in [4.69, 9.17) is 34.8 Å². The molecule has 0 spiro atoms. The van der Waals surface area contributed by atoms with Crippen LogP contribution in [0.4, 0.5) is 0 Å². The van der Waals surface area contributed by atoms with E-state index in [1.807, 2.05) is 35.2 Å². The molecular weight excluding hydrogens is 417 g/mol. The Hall–Kier alpha value is -2.01. The molecule has 0 aliphatic carbocycles. The Balaban J connectivity index is 1.91. The summed E-state index contributed by atoms with van der Waals surface area (Å²) in [5.41, 5.74) is 3.77. The molecule has 4 rings (SSSR count). The third kappa shape index (κ3) is 3.30. The second kappa shape index (κ2) is 7.43. The number of nitrogens with one attached hydrogen (secondary N) is 1. The maximum Gasteiger partial charge on any atom is 0.273 e. The van der Waals surface area contributed by atoms with Crippen molar-refractivity contribution in [1.29, 1.82) is 0 Å². The van der Waals surface area contributed by atoms with Crippen molar-refractivity contribution < 1.29 is 4.79 Å². The number of nitrogens with zero attached hydrogens (tertiary/aromatic N) is 2. The van der Waals surface area contributed by atoms with Crippen LogP contribution in [0.3, 0.4) is 0 Å². The molecule has 7 heteroatoms. The summed E-state index contributed by atoms with van der Waals surface area (Å²) in [6.45, 7) is 4.77. The highest BCUT2D eigenvalue weighted by Gasteiger charge is 2.43. The van der Waals surface area contributed by atoms with E-state index in [0.717, 1.165) is 22.4 Å². The number of H-pyrrole nitrogens is 1. The normalized spacial score (nSPS) is 16.1. The van der Waals surface area contributed by atoms with Crippen LogP contribution in [-0.2, 0) is 0 Å². The van der Waals surface area contributed by atoms with Crippen molar-refractivity contribution in [2.24, 2.45) is 5.92 Å². The summed E-state index contributed by atoms with van der Waals surface area (Å²) in [7, 11) is 0. The Labute approximate surface area is 178 Å². The number of halogens is 3. The van der Waals surface area contributed by atoms with Crippen molar-refractivity contribution in [2.45, 2.75) is 19.9 Å². The van der Waals surface area contributed by atoms with Gasteiger partial charge in [-0.2, -0.15) is 5.10 Å². The number of hydrogen-bond acceptors (Lipinski definition) is 2. The lowest BCUT2D eigenvalue weighted by atomic mass is 9.95. The van der Waals surface area contributed by atoms with Crippen LogP contribution in [0.2, 0.25) is 15.1 Å². The first-order valence-corrected chi connectivity index (χ1v) is 10.1. The number of carbonyl (C=O) groups excluding carboxylic acids is 1. The Morgan fingerprint density at radius 3 is 2.39 bits per heavy atom. The number of aromatic amines is 1. The molecule has 1 unspecified atom stereocenters. The molecule has 0 saturated heterocycles. The van der Waals surface area contributed by atoms with E-state index in [1.165, 1.54) is 0 Å². The number of aromatic nitrogens is 2. The molecule has 0 saturated carbocycles. The lowest BCUT2D eigenvalue weighted by molar-refractivity contribution is 0.0722.